The van der Waals surface area contributed by atoms with Crippen LogP contribution < -0.4 is 10.6 Å². The Labute approximate surface area is 135 Å². The molecule has 0 radical (unpaired) electrons. The van der Waals surface area contributed by atoms with Crippen LogP contribution in [0.4, 0.5) is 11.4 Å². The topological polar surface area (TPSA) is 81.1 Å². The second-order valence-corrected chi connectivity index (χ2v) is 5.85. The van der Waals surface area contributed by atoms with Gasteiger partial charge in [-0.3, -0.25) is 9.67 Å². The van der Waals surface area contributed by atoms with E-state index in [1.165, 1.54) is 7.11 Å². The van der Waals surface area contributed by atoms with Gasteiger partial charge >= 0.3 is 5.97 Å². The Morgan fingerprint density at radius 3 is 2.96 bits per heavy atom. The van der Waals surface area contributed by atoms with Crippen molar-refractivity contribution in [1.29, 1.82) is 0 Å². The van der Waals surface area contributed by atoms with Crippen molar-refractivity contribution in [2.45, 2.75) is 19.9 Å². The molecule has 2 atom stereocenters. The molecule has 2 N–H and O–H groups in total. The fraction of sp³-hybridized carbons (Fsp3) is 0.438. The van der Waals surface area contributed by atoms with E-state index >= 15 is 0 Å². The summed E-state index contributed by atoms with van der Waals surface area (Å²) in [5.41, 5.74) is 2.80. The molecule has 0 aromatic carbocycles. The van der Waals surface area contributed by atoms with E-state index < -0.39 is 5.97 Å². The maximum Gasteiger partial charge on any atom is 0.340 e. The molecule has 1 fully saturated rings. The number of hydrogen-bond acceptors (Lipinski definition) is 6. The summed E-state index contributed by atoms with van der Waals surface area (Å²) in [6, 6.07) is 1.98. The molecule has 1 aliphatic rings. The third-order valence-corrected chi connectivity index (χ3v) is 4.23. The smallest absolute Gasteiger partial charge is 0.340 e. The van der Waals surface area contributed by atoms with Crippen molar-refractivity contribution < 1.29 is 9.53 Å². The Balaban J connectivity index is 1.87. The van der Waals surface area contributed by atoms with Crippen LogP contribution in [0.5, 0.6) is 0 Å². The standard InChI is InChI=1S/C16H21N5O2/c1-10-6-18-8-15(10)21-9-14(11(2)20-21)19-13-7-17-5-4-12(13)16(22)23-3/h4-5,7,9-10,15,18-19H,6,8H2,1-3H3/t10-,15+/m0/s1. The van der Waals surface area contributed by atoms with E-state index in [0.29, 0.717) is 23.2 Å². The maximum absolute atomic E-state index is 11.8. The van der Waals surface area contributed by atoms with Crippen molar-refractivity contribution in [2.24, 2.45) is 5.92 Å². The van der Waals surface area contributed by atoms with Crippen LogP contribution in [0, 0.1) is 12.8 Å². The molecule has 3 rings (SSSR count). The van der Waals surface area contributed by atoms with Crippen LogP contribution in [0.2, 0.25) is 0 Å². The minimum Gasteiger partial charge on any atom is -0.465 e. The highest BCUT2D eigenvalue weighted by molar-refractivity contribution is 5.96. The first kappa shape index (κ1) is 15.5. The zero-order valence-corrected chi connectivity index (χ0v) is 13.5. The van der Waals surface area contributed by atoms with Gasteiger partial charge in [0.1, 0.15) is 0 Å². The van der Waals surface area contributed by atoms with E-state index in [-0.39, 0.29) is 0 Å². The van der Waals surface area contributed by atoms with Gasteiger partial charge in [0.15, 0.2) is 0 Å². The number of nitrogens with zero attached hydrogens (tertiary/aromatic N) is 3. The maximum atomic E-state index is 11.8. The van der Waals surface area contributed by atoms with Gasteiger partial charge < -0.3 is 15.4 Å². The predicted octanol–water partition coefficient (Wildman–Crippen LogP) is 1.90. The van der Waals surface area contributed by atoms with Crippen LogP contribution in [0.15, 0.2) is 24.7 Å². The SMILES string of the molecule is COC(=O)c1ccncc1Nc1cn([C@@H]2CNC[C@@H]2C)nc1C. The molecule has 0 saturated carbocycles. The van der Waals surface area contributed by atoms with E-state index in [1.807, 2.05) is 17.8 Å². The number of aryl methyl sites for hydroxylation is 1. The zero-order chi connectivity index (χ0) is 16.4. The summed E-state index contributed by atoms with van der Waals surface area (Å²) in [7, 11) is 1.37. The van der Waals surface area contributed by atoms with Crippen molar-refractivity contribution >= 4 is 17.3 Å². The van der Waals surface area contributed by atoms with Gasteiger partial charge in [-0.05, 0) is 25.5 Å². The van der Waals surface area contributed by atoms with Crippen LogP contribution in [0.3, 0.4) is 0 Å². The van der Waals surface area contributed by atoms with Gasteiger partial charge in [0.05, 0.1) is 42.0 Å². The number of methoxy groups -OCH3 is 1. The third kappa shape index (κ3) is 3.05. The predicted molar refractivity (Wildman–Crippen MR) is 86.9 cm³/mol. The quantitative estimate of drug-likeness (QED) is 0.839. The first-order valence-electron chi connectivity index (χ1n) is 7.66. The fourth-order valence-electron chi connectivity index (χ4n) is 2.85. The lowest BCUT2D eigenvalue weighted by Crippen LogP contribution is -2.16. The molecule has 1 aliphatic heterocycles. The first-order valence-corrected chi connectivity index (χ1v) is 7.66. The van der Waals surface area contributed by atoms with E-state index in [4.69, 9.17) is 4.74 Å². The lowest BCUT2D eigenvalue weighted by Gasteiger charge is -2.14. The normalized spacial score (nSPS) is 20.5. The summed E-state index contributed by atoms with van der Waals surface area (Å²) in [6.07, 6.45) is 5.17. The highest BCUT2D eigenvalue weighted by Crippen LogP contribution is 2.27. The fourth-order valence-corrected chi connectivity index (χ4v) is 2.85. The van der Waals surface area contributed by atoms with Gasteiger partial charge in [-0.25, -0.2) is 4.79 Å². The number of ether oxygens (including phenoxy) is 1. The Kier molecular flexibility index (Phi) is 4.29. The zero-order valence-electron chi connectivity index (χ0n) is 13.5. The van der Waals surface area contributed by atoms with E-state index in [2.05, 4.69) is 27.6 Å². The number of carbonyl (C=O) groups is 1. The molecule has 7 nitrogen and oxygen atoms in total. The summed E-state index contributed by atoms with van der Waals surface area (Å²) in [5, 5.41) is 11.2. The van der Waals surface area contributed by atoms with Gasteiger partial charge in [-0.1, -0.05) is 6.92 Å². The number of esters is 1. The van der Waals surface area contributed by atoms with Gasteiger partial charge in [-0.2, -0.15) is 5.10 Å². The number of anilines is 2. The highest BCUT2D eigenvalue weighted by Gasteiger charge is 2.26. The summed E-state index contributed by atoms with van der Waals surface area (Å²) in [4.78, 5) is 15.9. The van der Waals surface area contributed by atoms with Crippen LogP contribution >= 0.6 is 0 Å². The molecule has 0 unspecified atom stereocenters. The second kappa shape index (κ2) is 6.37. The Bertz CT molecular complexity index is 712. The van der Waals surface area contributed by atoms with Crippen LogP contribution in [-0.2, 0) is 4.74 Å². The summed E-state index contributed by atoms with van der Waals surface area (Å²) < 4.78 is 6.81. The van der Waals surface area contributed by atoms with Crippen LogP contribution in [0.1, 0.15) is 29.0 Å². The van der Waals surface area contributed by atoms with Crippen LogP contribution in [0.25, 0.3) is 0 Å². The molecule has 0 amide bonds. The average molecular weight is 315 g/mol. The van der Waals surface area contributed by atoms with Crippen molar-refractivity contribution in [3.8, 4) is 0 Å². The summed E-state index contributed by atoms with van der Waals surface area (Å²) in [5.74, 6) is 0.139. The number of aromatic nitrogens is 3. The van der Waals surface area contributed by atoms with Gasteiger partial charge in [0, 0.05) is 18.9 Å². The van der Waals surface area contributed by atoms with Crippen molar-refractivity contribution in [2.75, 3.05) is 25.5 Å². The average Bonchev–Trinajstić information content (AvgIpc) is 3.13. The Morgan fingerprint density at radius 1 is 1.43 bits per heavy atom. The van der Waals surface area contributed by atoms with Gasteiger partial charge in [0.2, 0.25) is 0 Å². The summed E-state index contributed by atoms with van der Waals surface area (Å²) >= 11 is 0. The third-order valence-electron chi connectivity index (χ3n) is 4.23. The first-order chi connectivity index (χ1) is 11.1. The van der Waals surface area contributed by atoms with E-state index in [0.717, 1.165) is 24.5 Å². The van der Waals surface area contributed by atoms with Crippen LogP contribution in [-0.4, -0.2) is 40.9 Å². The lowest BCUT2D eigenvalue weighted by molar-refractivity contribution is 0.0602. The van der Waals surface area contributed by atoms with Gasteiger partial charge in [-0.15, -0.1) is 0 Å². The number of nitrogens with one attached hydrogen (secondary N) is 2. The molecule has 0 bridgehead atoms. The largest absolute Gasteiger partial charge is 0.465 e. The molecule has 2 aromatic rings. The molecule has 0 aliphatic carbocycles. The highest BCUT2D eigenvalue weighted by atomic mass is 16.5. The Hall–Kier alpha value is -2.41. The number of hydrogen-bond donors (Lipinski definition) is 2. The van der Waals surface area contributed by atoms with Crippen molar-refractivity contribution in [1.82, 2.24) is 20.1 Å². The van der Waals surface area contributed by atoms with Gasteiger partial charge in [0.25, 0.3) is 0 Å². The number of carbonyl (C=O) groups excluding carboxylic acids is 1. The number of rotatable bonds is 4. The van der Waals surface area contributed by atoms with Crippen molar-refractivity contribution in [3.63, 3.8) is 0 Å². The molecule has 2 aromatic heterocycles. The minimum absolute atomic E-state index is 0.346. The number of pyridine rings is 1. The second-order valence-electron chi connectivity index (χ2n) is 5.85. The summed E-state index contributed by atoms with van der Waals surface area (Å²) in [6.45, 7) is 6.08. The lowest BCUT2D eigenvalue weighted by atomic mass is 10.1. The molecule has 23 heavy (non-hydrogen) atoms. The van der Waals surface area contributed by atoms with Crippen molar-refractivity contribution in [3.05, 3.63) is 35.9 Å². The molecule has 0 spiro atoms. The van der Waals surface area contributed by atoms with E-state index in [9.17, 15) is 4.79 Å². The Morgan fingerprint density at radius 2 is 2.26 bits per heavy atom. The monoisotopic (exact) mass is 315 g/mol. The molecular weight excluding hydrogens is 294 g/mol. The minimum atomic E-state index is -0.395. The molecule has 3 heterocycles. The molecule has 122 valence electrons. The van der Waals surface area contributed by atoms with E-state index in [1.54, 1.807) is 18.5 Å². The molecule has 1 saturated heterocycles. The molecular formula is C16H21N5O2. The molecule has 7 heteroatoms.